The second-order valence-electron chi connectivity index (χ2n) is 6.30. The van der Waals surface area contributed by atoms with Gasteiger partial charge in [-0.25, -0.2) is 0 Å². The zero-order valence-corrected chi connectivity index (χ0v) is 16.3. The lowest BCUT2D eigenvalue weighted by atomic mass is 10.2. The third kappa shape index (κ3) is 6.60. The molecule has 0 spiro atoms. The predicted molar refractivity (Wildman–Crippen MR) is 104 cm³/mol. The van der Waals surface area contributed by atoms with E-state index in [-0.39, 0.29) is 18.3 Å². The number of rotatable bonds is 8. The molecule has 1 aromatic rings. The quantitative estimate of drug-likeness (QED) is 0.752. The van der Waals surface area contributed by atoms with Crippen molar-refractivity contribution in [3.8, 4) is 0 Å². The standard InChI is InChI=1S/C18H28ClN3O.ClH/c1-3-9-22(13-12-21-10-4-5-11-21)14-17(23)20-18-15(2)7-6-8-16(18)19;/h6-8H,3-5,9-14H2,1-2H3,(H,20,23);1H. The van der Waals surface area contributed by atoms with Crippen LogP contribution in [0, 0.1) is 6.92 Å². The first-order chi connectivity index (χ1) is 11.1. The van der Waals surface area contributed by atoms with E-state index < -0.39 is 0 Å². The van der Waals surface area contributed by atoms with Crippen LogP contribution in [0.4, 0.5) is 5.69 Å². The first-order valence-electron chi connectivity index (χ1n) is 8.60. The van der Waals surface area contributed by atoms with Crippen LogP contribution in [0.25, 0.3) is 0 Å². The molecule has 0 unspecified atom stereocenters. The molecule has 0 saturated carbocycles. The summed E-state index contributed by atoms with van der Waals surface area (Å²) in [6, 6.07) is 5.66. The maximum atomic E-state index is 12.4. The molecule has 1 aliphatic rings. The number of carbonyl (C=O) groups excluding carboxylic acids is 1. The molecule has 1 heterocycles. The first-order valence-corrected chi connectivity index (χ1v) is 8.97. The van der Waals surface area contributed by atoms with Crippen molar-refractivity contribution >= 4 is 35.6 Å². The van der Waals surface area contributed by atoms with Crippen molar-refractivity contribution in [3.05, 3.63) is 28.8 Å². The van der Waals surface area contributed by atoms with Crippen molar-refractivity contribution in [2.75, 3.05) is 44.6 Å². The average Bonchev–Trinajstić information content (AvgIpc) is 3.02. The van der Waals surface area contributed by atoms with E-state index in [2.05, 4.69) is 22.0 Å². The number of hydrogen-bond acceptors (Lipinski definition) is 3. The van der Waals surface area contributed by atoms with Gasteiger partial charge in [-0.15, -0.1) is 12.4 Å². The van der Waals surface area contributed by atoms with Crippen LogP contribution in [0.1, 0.15) is 31.7 Å². The molecule has 0 radical (unpaired) electrons. The summed E-state index contributed by atoms with van der Waals surface area (Å²) >= 11 is 6.18. The summed E-state index contributed by atoms with van der Waals surface area (Å²) in [7, 11) is 0. The molecule has 136 valence electrons. The van der Waals surface area contributed by atoms with Gasteiger partial charge in [-0.1, -0.05) is 30.7 Å². The van der Waals surface area contributed by atoms with Crippen molar-refractivity contribution in [2.24, 2.45) is 0 Å². The van der Waals surface area contributed by atoms with Crippen LogP contribution >= 0.6 is 24.0 Å². The summed E-state index contributed by atoms with van der Waals surface area (Å²) in [5.74, 6) is 0.0103. The molecule has 0 aliphatic carbocycles. The van der Waals surface area contributed by atoms with E-state index in [0.717, 1.165) is 37.3 Å². The minimum absolute atomic E-state index is 0. The highest BCUT2D eigenvalue weighted by Crippen LogP contribution is 2.25. The molecule has 0 atom stereocenters. The molecule has 1 saturated heterocycles. The Labute approximate surface area is 156 Å². The molecule has 2 rings (SSSR count). The lowest BCUT2D eigenvalue weighted by Gasteiger charge is -2.24. The Morgan fingerprint density at radius 1 is 1.29 bits per heavy atom. The SMILES string of the molecule is CCCN(CCN1CCCC1)CC(=O)Nc1c(C)cccc1Cl.Cl. The maximum absolute atomic E-state index is 12.4. The van der Waals surface area contributed by atoms with Crippen LogP contribution in [-0.2, 0) is 4.79 Å². The van der Waals surface area contributed by atoms with Crippen molar-refractivity contribution < 1.29 is 4.79 Å². The fourth-order valence-corrected chi connectivity index (χ4v) is 3.32. The molecule has 1 aliphatic heterocycles. The molecule has 1 amide bonds. The van der Waals surface area contributed by atoms with Gasteiger partial charge in [-0.3, -0.25) is 9.69 Å². The lowest BCUT2D eigenvalue weighted by Crippen LogP contribution is -2.39. The Bertz CT molecular complexity index is 499. The van der Waals surface area contributed by atoms with Crippen LogP contribution < -0.4 is 5.32 Å². The Hall–Kier alpha value is -0.810. The minimum Gasteiger partial charge on any atom is -0.323 e. The number of amides is 1. The second kappa shape index (κ2) is 10.9. The molecule has 1 fully saturated rings. The van der Waals surface area contributed by atoms with Gasteiger partial charge in [0.05, 0.1) is 17.3 Å². The van der Waals surface area contributed by atoms with Crippen molar-refractivity contribution in [1.29, 1.82) is 0 Å². The van der Waals surface area contributed by atoms with E-state index >= 15 is 0 Å². The van der Waals surface area contributed by atoms with Crippen LogP contribution in [0.3, 0.4) is 0 Å². The van der Waals surface area contributed by atoms with Gasteiger partial charge in [0.15, 0.2) is 0 Å². The highest BCUT2D eigenvalue weighted by Gasteiger charge is 2.16. The van der Waals surface area contributed by atoms with Crippen molar-refractivity contribution in [3.63, 3.8) is 0 Å². The van der Waals surface area contributed by atoms with Gasteiger partial charge in [0.25, 0.3) is 0 Å². The third-order valence-electron chi connectivity index (χ3n) is 4.32. The lowest BCUT2D eigenvalue weighted by molar-refractivity contribution is -0.117. The summed E-state index contributed by atoms with van der Waals surface area (Å²) in [6.07, 6.45) is 3.67. The van der Waals surface area contributed by atoms with Crippen LogP contribution in [0.15, 0.2) is 18.2 Å². The number of hydrogen-bond donors (Lipinski definition) is 1. The number of halogens is 2. The van der Waals surface area contributed by atoms with Crippen LogP contribution in [-0.4, -0.2) is 55.0 Å². The summed E-state index contributed by atoms with van der Waals surface area (Å²) in [5, 5.41) is 3.56. The maximum Gasteiger partial charge on any atom is 0.238 e. The normalized spacial score (nSPS) is 14.7. The van der Waals surface area contributed by atoms with E-state index in [9.17, 15) is 4.79 Å². The molecular weight excluding hydrogens is 345 g/mol. The van der Waals surface area contributed by atoms with E-state index in [1.54, 1.807) is 6.07 Å². The molecule has 4 nitrogen and oxygen atoms in total. The number of likely N-dealkylation sites (tertiary alicyclic amines) is 1. The molecule has 6 heteroatoms. The van der Waals surface area contributed by atoms with Gasteiger partial charge in [-0.2, -0.15) is 0 Å². The van der Waals surface area contributed by atoms with Crippen molar-refractivity contribution in [1.82, 2.24) is 9.80 Å². The minimum atomic E-state index is 0. The van der Waals surface area contributed by atoms with Gasteiger partial charge >= 0.3 is 0 Å². The fraction of sp³-hybridized carbons (Fsp3) is 0.611. The van der Waals surface area contributed by atoms with Gasteiger partial charge in [0.2, 0.25) is 5.91 Å². The van der Waals surface area contributed by atoms with Crippen molar-refractivity contribution in [2.45, 2.75) is 33.1 Å². The number of nitrogens with one attached hydrogen (secondary N) is 1. The van der Waals surface area contributed by atoms with Crippen LogP contribution in [0.5, 0.6) is 0 Å². The number of anilines is 1. The number of benzene rings is 1. The highest BCUT2D eigenvalue weighted by molar-refractivity contribution is 6.33. The summed E-state index contributed by atoms with van der Waals surface area (Å²) in [5.41, 5.74) is 1.72. The molecule has 0 bridgehead atoms. The fourth-order valence-electron chi connectivity index (χ4n) is 3.05. The van der Waals surface area contributed by atoms with Gasteiger partial charge < -0.3 is 10.2 Å². The predicted octanol–water partition coefficient (Wildman–Crippen LogP) is 3.82. The molecule has 1 aromatic carbocycles. The monoisotopic (exact) mass is 373 g/mol. The van der Waals surface area contributed by atoms with Crippen LogP contribution in [0.2, 0.25) is 5.02 Å². The molecule has 24 heavy (non-hydrogen) atoms. The number of nitrogens with zero attached hydrogens (tertiary/aromatic N) is 2. The molecule has 1 N–H and O–H groups in total. The average molecular weight is 374 g/mol. The van der Waals surface area contributed by atoms with E-state index in [4.69, 9.17) is 11.6 Å². The van der Waals surface area contributed by atoms with Gasteiger partial charge in [0, 0.05) is 13.1 Å². The topological polar surface area (TPSA) is 35.6 Å². The zero-order valence-electron chi connectivity index (χ0n) is 14.7. The Balaban J connectivity index is 0.00000288. The number of aryl methyl sites for hydroxylation is 1. The number of para-hydroxylation sites is 1. The summed E-state index contributed by atoms with van der Waals surface area (Å²) in [4.78, 5) is 17.1. The summed E-state index contributed by atoms with van der Waals surface area (Å²) in [6.45, 7) is 9.88. The second-order valence-corrected chi connectivity index (χ2v) is 6.71. The third-order valence-corrected chi connectivity index (χ3v) is 4.64. The van der Waals surface area contributed by atoms with E-state index in [0.29, 0.717) is 11.6 Å². The van der Waals surface area contributed by atoms with E-state index in [1.807, 2.05) is 19.1 Å². The Morgan fingerprint density at radius 2 is 2.00 bits per heavy atom. The van der Waals surface area contributed by atoms with E-state index in [1.165, 1.54) is 25.9 Å². The first kappa shape index (κ1) is 21.2. The summed E-state index contributed by atoms with van der Waals surface area (Å²) < 4.78 is 0. The largest absolute Gasteiger partial charge is 0.323 e. The number of carbonyl (C=O) groups is 1. The highest BCUT2D eigenvalue weighted by atomic mass is 35.5. The molecule has 0 aromatic heterocycles. The van der Waals surface area contributed by atoms with Gasteiger partial charge in [0.1, 0.15) is 0 Å². The molecular formula is C18H29Cl2N3O. The Kier molecular flexibility index (Phi) is 9.67. The zero-order chi connectivity index (χ0) is 16.7. The Morgan fingerprint density at radius 3 is 2.62 bits per heavy atom. The van der Waals surface area contributed by atoms with Gasteiger partial charge in [-0.05, 0) is 57.5 Å². The smallest absolute Gasteiger partial charge is 0.238 e.